The monoisotopic (exact) mass is 367 g/mol. The minimum atomic E-state index is -0.0433. The minimum absolute atomic E-state index is 0.0433. The number of pyridine rings is 1. The summed E-state index contributed by atoms with van der Waals surface area (Å²) >= 11 is 0. The van der Waals surface area contributed by atoms with Crippen molar-refractivity contribution in [1.82, 2.24) is 20.2 Å². The molecular weight excluding hydrogens is 342 g/mol. The van der Waals surface area contributed by atoms with E-state index in [2.05, 4.69) is 40.2 Å². The Morgan fingerprint density at radius 1 is 1.44 bits per heavy atom. The molecule has 1 aliphatic heterocycles. The normalized spacial score (nSPS) is 20.0. The minimum Gasteiger partial charge on any atom is -0.467 e. The first-order valence-electron chi connectivity index (χ1n) is 9.33. The van der Waals surface area contributed by atoms with E-state index in [9.17, 15) is 4.79 Å². The lowest BCUT2D eigenvalue weighted by molar-refractivity contribution is 0.160. The summed E-state index contributed by atoms with van der Waals surface area (Å²) in [4.78, 5) is 24.3. The molecule has 2 atom stereocenters. The van der Waals surface area contributed by atoms with Crippen molar-refractivity contribution >= 4 is 22.8 Å². The number of piperidine rings is 1. The van der Waals surface area contributed by atoms with Crippen LogP contribution in [0.3, 0.4) is 0 Å². The van der Waals surface area contributed by atoms with Gasteiger partial charge in [-0.15, -0.1) is 0 Å². The molecule has 0 unspecified atom stereocenters. The van der Waals surface area contributed by atoms with E-state index in [4.69, 9.17) is 4.42 Å². The number of aromatic amines is 1. The van der Waals surface area contributed by atoms with Crippen LogP contribution in [0.1, 0.15) is 19.1 Å². The molecule has 1 saturated heterocycles. The van der Waals surface area contributed by atoms with E-state index in [-0.39, 0.29) is 12.1 Å². The van der Waals surface area contributed by atoms with Crippen LogP contribution in [-0.2, 0) is 6.54 Å². The number of amides is 2. The predicted molar refractivity (Wildman–Crippen MR) is 105 cm³/mol. The second kappa shape index (κ2) is 7.34. The van der Waals surface area contributed by atoms with Gasteiger partial charge in [0.1, 0.15) is 11.4 Å². The highest BCUT2D eigenvalue weighted by Gasteiger charge is 2.32. The molecule has 0 aliphatic carbocycles. The molecule has 0 bridgehead atoms. The van der Waals surface area contributed by atoms with Crippen molar-refractivity contribution in [2.24, 2.45) is 5.92 Å². The topological polar surface area (TPSA) is 77.4 Å². The fraction of sp³-hybridized carbons (Fsp3) is 0.400. The fourth-order valence-electron chi connectivity index (χ4n) is 3.86. The maximum atomic E-state index is 12.6. The Kier molecular flexibility index (Phi) is 4.75. The Labute approximate surface area is 158 Å². The molecule has 2 amide bonds. The smallest absolute Gasteiger partial charge is 0.317 e. The van der Waals surface area contributed by atoms with Crippen LogP contribution < -0.4 is 10.2 Å². The van der Waals surface area contributed by atoms with E-state index >= 15 is 0 Å². The number of likely N-dealkylation sites (N-methyl/N-ethyl adjacent to an activating group) is 1. The maximum absolute atomic E-state index is 12.6. The van der Waals surface area contributed by atoms with Gasteiger partial charge in [-0.05, 0) is 36.6 Å². The van der Waals surface area contributed by atoms with Crippen LogP contribution in [0.5, 0.6) is 0 Å². The lowest BCUT2D eigenvalue weighted by Crippen LogP contribution is -2.54. The molecule has 27 heavy (non-hydrogen) atoms. The number of hydrogen-bond acceptors (Lipinski definition) is 4. The second-order valence-corrected chi connectivity index (χ2v) is 7.20. The van der Waals surface area contributed by atoms with Gasteiger partial charge in [0.25, 0.3) is 0 Å². The number of nitrogens with zero attached hydrogens (tertiary/aromatic N) is 3. The summed E-state index contributed by atoms with van der Waals surface area (Å²) in [5, 5.41) is 4.06. The van der Waals surface area contributed by atoms with Crippen molar-refractivity contribution in [1.29, 1.82) is 0 Å². The van der Waals surface area contributed by atoms with Crippen molar-refractivity contribution in [3.63, 3.8) is 0 Å². The lowest BCUT2D eigenvalue weighted by Gasteiger charge is -2.42. The van der Waals surface area contributed by atoms with E-state index in [1.54, 1.807) is 6.26 Å². The van der Waals surface area contributed by atoms with E-state index in [1.165, 1.54) is 0 Å². The van der Waals surface area contributed by atoms with Gasteiger partial charge in [0.15, 0.2) is 0 Å². The Balaban J connectivity index is 1.47. The van der Waals surface area contributed by atoms with E-state index < -0.39 is 0 Å². The molecule has 0 aromatic carbocycles. The van der Waals surface area contributed by atoms with Crippen LogP contribution in [0.2, 0.25) is 0 Å². The summed E-state index contributed by atoms with van der Waals surface area (Å²) in [5.41, 5.74) is 2.02. The second-order valence-electron chi connectivity index (χ2n) is 7.20. The number of nitrogens with one attached hydrogen (secondary N) is 2. The molecule has 3 aromatic rings. The van der Waals surface area contributed by atoms with Crippen LogP contribution >= 0.6 is 0 Å². The molecule has 4 heterocycles. The third-order valence-corrected chi connectivity index (χ3v) is 5.51. The van der Waals surface area contributed by atoms with Gasteiger partial charge in [0.05, 0.1) is 12.8 Å². The van der Waals surface area contributed by atoms with Crippen LogP contribution in [-0.4, -0.2) is 47.1 Å². The Morgan fingerprint density at radius 3 is 3.15 bits per heavy atom. The highest BCUT2D eigenvalue weighted by atomic mass is 16.3. The van der Waals surface area contributed by atoms with Crippen molar-refractivity contribution in [2.75, 3.05) is 25.0 Å². The molecular formula is C20H25N5O2. The maximum Gasteiger partial charge on any atom is 0.317 e. The largest absolute Gasteiger partial charge is 0.467 e. The summed E-state index contributed by atoms with van der Waals surface area (Å²) in [5.74, 6) is 1.25. The number of hydrogen-bond donors (Lipinski definition) is 2. The van der Waals surface area contributed by atoms with Crippen molar-refractivity contribution in [3.05, 3.63) is 48.7 Å². The molecule has 1 aliphatic rings. The number of H-pyrrole nitrogens is 1. The van der Waals surface area contributed by atoms with E-state index in [1.807, 2.05) is 35.5 Å². The number of carbonyl (C=O) groups excluding carboxylic acids is 1. The highest BCUT2D eigenvalue weighted by molar-refractivity contribution is 5.89. The fourth-order valence-corrected chi connectivity index (χ4v) is 3.86. The first-order chi connectivity index (χ1) is 13.1. The van der Waals surface area contributed by atoms with Gasteiger partial charge in [-0.3, -0.25) is 0 Å². The zero-order valence-corrected chi connectivity index (χ0v) is 15.7. The number of furan rings is 1. The number of likely N-dealkylation sites (tertiary alicyclic amines) is 1. The molecule has 1 fully saturated rings. The molecule has 0 saturated carbocycles. The first-order valence-corrected chi connectivity index (χ1v) is 9.33. The van der Waals surface area contributed by atoms with Gasteiger partial charge in [0.2, 0.25) is 0 Å². The standard InChI is InChI=1S/C20H25N5O2/c1-14-7-10-25(20(26)23-12-15-4-3-11-27-15)13-18(14)24(2)17-6-9-22-19-16(17)5-8-21-19/h3-6,8-9,11,14,18H,7,10,12-13H2,1-2H3,(H,21,22)(H,23,26)/t14-,18+/m1/s1. The highest BCUT2D eigenvalue weighted by Crippen LogP contribution is 2.30. The summed E-state index contributed by atoms with van der Waals surface area (Å²) in [6.07, 6.45) is 6.33. The number of aromatic nitrogens is 2. The van der Waals surface area contributed by atoms with Crippen LogP contribution in [0.15, 0.2) is 47.3 Å². The van der Waals surface area contributed by atoms with Gasteiger partial charge in [-0.2, -0.15) is 0 Å². The molecule has 4 rings (SSSR count). The molecule has 2 N–H and O–H groups in total. The van der Waals surface area contributed by atoms with Crippen molar-refractivity contribution in [2.45, 2.75) is 25.9 Å². The number of fused-ring (bicyclic) bond motifs is 1. The number of carbonyl (C=O) groups is 1. The Morgan fingerprint density at radius 2 is 2.33 bits per heavy atom. The molecule has 0 spiro atoms. The third-order valence-electron chi connectivity index (χ3n) is 5.51. The average molecular weight is 367 g/mol. The zero-order chi connectivity index (χ0) is 18.8. The third kappa shape index (κ3) is 3.49. The summed E-state index contributed by atoms with van der Waals surface area (Å²) in [6, 6.07) is 7.98. The van der Waals surface area contributed by atoms with Gasteiger partial charge in [-0.25, -0.2) is 9.78 Å². The zero-order valence-electron chi connectivity index (χ0n) is 15.7. The summed E-state index contributed by atoms with van der Waals surface area (Å²) in [6.45, 7) is 4.13. The number of rotatable bonds is 4. The number of anilines is 1. The molecule has 7 nitrogen and oxygen atoms in total. The van der Waals surface area contributed by atoms with Crippen LogP contribution in [0, 0.1) is 5.92 Å². The van der Waals surface area contributed by atoms with E-state index in [0.717, 1.165) is 35.4 Å². The molecule has 7 heteroatoms. The number of urea groups is 1. The molecule has 3 aromatic heterocycles. The molecule has 0 radical (unpaired) electrons. The lowest BCUT2D eigenvalue weighted by atomic mass is 9.92. The predicted octanol–water partition coefficient (Wildman–Crippen LogP) is 3.21. The van der Waals surface area contributed by atoms with Crippen LogP contribution in [0.4, 0.5) is 10.5 Å². The van der Waals surface area contributed by atoms with Crippen molar-refractivity contribution < 1.29 is 9.21 Å². The summed E-state index contributed by atoms with van der Waals surface area (Å²) < 4.78 is 5.29. The van der Waals surface area contributed by atoms with Crippen molar-refractivity contribution in [3.8, 4) is 0 Å². The SMILES string of the molecule is C[C@@H]1CCN(C(=O)NCc2ccco2)C[C@@H]1N(C)c1ccnc2[nH]ccc12. The van der Waals surface area contributed by atoms with E-state index in [0.29, 0.717) is 19.0 Å². The van der Waals surface area contributed by atoms with Gasteiger partial charge < -0.3 is 24.5 Å². The quantitative estimate of drug-likeness (QED) is 0.742. The van der Waals surface area contributed by atoms with Gasteiger partial charge >= 0.3 is 6.03 Å². The summed E-state index contributed by atoms with van der Waals surface area (Å²) in [7, 11) is 2.10. The van der Waals surface area contributed by atoms with Gasteiger partial charge in [0, 0.05) is 49.6 Å². The molecule has 142 valence electrons. The Hall–Kier alpha value is -2.96. The Bertz CT molecular complexity index is 904. The van der Waals surface area contributed by atoms with Crippen LogP contribution in [0.25, 0.3) is 11.0 Å². The first kappa shape index (κ1) is 17.5. The van der Waals surface area contributed by atoms with Gasteiger partial charge in [-0.1, -0.05) is 6.92 Å². The average Bonchev–Trinajstić information content (AvgIpc) is 3.37.